The number of allylic oxidation sites excluding steroid dienone is 5. The predicted molar refractivity (Wildman–Crippen MR) is 89.0 cm³/mol. The molecular weight excluding hydrogens is 259 g/mol. The van der Waals surface area contributed by atoms with E-state index in [1.807, 2.05) is 12.1 Å². The summed E-state index contributed by atoms with van der Waals surface area (Å²) in [5, 5.41) is 0. The zero-order chi connectivity index (χ0) is 15.4. The van der Waals surface area contributed by atoms with Crippen molar-refractivity contribution >= 4 is 0 Å². The molecule has 0 aliphatic heterocycles. The van der Waals surface area contributed by atoms with Crippen LogP contribution in [0.25, 0.3) is 0 Å². The molecule has 1 atom stereocenters. The zero-order valence-corrected chi connectivity index (χ0v) is 13.4. The Morgan fingerprint density at radius 3 is 2.81 bits per heavy atom. The van der Waals surface area contributed by atoms with E-state index in [-0.39, 0.29) is 11.7 Å². The number of aryl methyl sites for hydroxylation is 1. The van der Waals surface area contributed by atoms with Crippen LogP contribution in [-0.4, -0.2) is 0 Å². The van der Waals surface area contributed by atoms with E-state index in [2.05, 4.69) is 33.4 Å². The highest BCUT2D eigenvalue weighted by Crippen LogP contribution is 2.34. The summed E-state index contributed by atoms with van der Waals surface area (Å²) in [6.45, 7) is 10.4. The van der Waals surface area contributed by atoms with Crippen LogP contribution in [-0.2, 0) is 6.42 Å². The molecular formula is C20H25F. The van der Waals surface area contributed by atoms with Crippen LogP contribution in [0, 0.1) is 5.82 Å². The third kappa shape index (κ3) is 3.53. The Morgan fingerprint density at radius 2 is 2.14 bits per heavy atom. The highest BCUT2D eigenvalue weighted by Gasteiger charge is 2.18. The van der Waals surface area contributed by atoms with Gasteiger partial charge in [-0.1, -0.05) is 44.2 Å². The summed E-state index contributed by atoms with van der Waals surface area (Å²) >= 11 is 0. The first-order valence-electron chi connectivity index (χ1n) is 7.87. The molecule has 2 rings (SSSR count). The van der Waals surface area contributed by atoms with Crippen molar-refractivity contribution in [3.63, 3.8) is 0 Å². The fourth-order valence-electron chi connectivity index (χ4n) is 3.09. The van der Waals surface area contributed by atoms with Gasteiger partial charge < -0.3 is 0 Å². The molecule has 0 N–H and O–H groups in total. The second kappa shape index (κ2) is 6.89. The molecule has 1 heteroatoms. The zero-order valence-electron chi connectivity index (χ0n) is 13.4. The van der Waals surface area contributed by atoms with Gasteiger partial charge in [-0.15, -0.1) is 0 Å². The fourth-order valence-corrected chi connectivity index (χ4v) is 3.09. The Kier molecular flexibility index (Phi) is 5.17. The van der Waals surface area contributed by atoms with Gasteiger partial charge in [0.25, 0.3) is 0 Å². The van der Waals surface area contributed by atoms with Gasteiger partial charge in [-0.05, 0) is 67.0 Å². The maximum absolute atomic E-state index is 13.6. The van der Waals surface area contributed by atoms with Gasteiger partial charge in [0.2, 0.25) is 0 Å². The molecule has 0 amide bonds. The molecule has 1 unspecified atom stereocenters. The maximum atomic E-state index is 13.6. The van der Waals surface area contributed by atoms with Crippen LogP contribution in [0.5, 0.6) is 0 Å². The van der Waals surface area contributed by atoms with Crippen LogP contribution < -0.4 is 0 Å². The minimum Gasteiger partial charge on any atom is -0.207 e. The predicted octanol–water partition coefficient (Wildman–Crippen LogP) is 6.10. The molecule has 21 heavy (non-hydrogen) atoms. The normalized spacial score (nSPS) is 23.2. The number of hydrogen-bond donors (Lipinski definition) is 0. The van der Waals surface area contributed by atoms with Crippen molar-refractivity contribution in [1.29, 1.82) is 0 Å². The quantitative estimate of drug-likeness (QED) is 0.588. The lowest BCUT2D eigenvalue weighted by atomic mass is 9.82. The van der Waals surface area contributed by atoms with Gasteiger partial charge in [0.1, 0.15) is 5.82 Å². The van der Waals surface area contributed by atoms with Gasteiger partial charge in [0, 0.05) is 5.92 Å². The van der Waals surface area contributed by atoms with Gasteiger partial charge in [-0.2, -0.15) is 0 Å². The SMILES string of the molecule is C=C/C(=C\C1=C(/C)C(C)c2cc(F)ccc2CCC1)CC. The lowest BCUT2D eigenvalue weighted by Crippen LogP contribution is -2.07. The van der Waals surface area contributed by atoms with E-state index in [9.17, 15) is 4.39 Å². The van der Waals surface area contributed by atoms with Crippen LogP contribution in [0.4, 0.5) is 4.39 Å². The third-order valence-electron chi connectivity index (χ3n) is 4.65. The van der Waals surface area contributed by atoms with Crippen molar-refractivity contribution in [3.8, 4) is 0 Å². The van der Waals surface area contributed by atoms with Gasteiger partial charge >= 0.3 is 0 Å². The third-order valence-corrected chi connectivity index (χ3v) is 4.65. The van der Waals surface area contributed by atoms with E-state index in [0.29, 0.717) is 0 Å². The summed E-state index contributed by atoms with van der Waals surface area (Å²) in [4.78, 5) is 0. The van der Waals surface area contributed by atoms with Gasteiger partial charge in [0.05, 0.1) is 0 Å². The van der Waals surface area contributed by atoms with Crippen molar-refractivity contribution < 1.29 is 4.39 Å². The largest absolute Gasteiger partial charge is 0.207 e. The molecule has 0 saturated carbocycles. The van der Waals surface area contributed by atoms with E-state index in [1.165, 1.54) is 22.3 Å². The Hall–Kier alpha value is -1.63. The van der Waals surface area contributed by atoms with E-state index in [0.717, 1.165) is 31.2 Å². The molecule has 1 aromatic rings. The van der Waals surface area contributed by atoms with E-state index >= 15 is 0 Å². The molecule has 112 valence electrons. The summed E-state index contributed by atoms with van der Waals surface area (Å²) in [5.41, 5.74) is 6.47. The average Bonchev–Trinajstić information content (AvgIpc) is 2.49. The molecule has 1 aliphatic carbocycles. The average molecular weight is 284 g/mol. The standard InChI is InChI=1S/C20H25F/c1-5-16(6-2)12-18-9-7-8-17-10-11-19(21)13-20(17)15(4)14(18)3/h5,10-13,15H,1,6-9H2,2-4H3/b16-12+,18-14+. The maximum Gasteiger partial charge on any atom is 0.123 e. The van der Waals surface area contributed by atoms with Crippen LogP contribution in [0.2, 0.25) is 0 Å². The minimum atomic E-state index is -0.133. The second-order valence-electron chi connectivity index (χ2n) is 5.90. The van der Waals surface area contributed by atoms with Crippen LogP contribution >= 0.6 is 0 Å². The summed E-state index contributed by atoms with van der Waals surface area (Å²) in [6, 6.07) is 5.25. The monoisotopic (exact) mass is 284 g/mol. The molecule has 0 aromatic heterocycles. The first-order chi connectivity index (χ1) is 10.1. The van der Waals surface area contributed by atoms with Crippen LogP contribution in [0.15, 0.2) is 53.6 Å². The van der Waals surface area contributed by atoms with Crippen molar-refractivity contribution in [3.05, 3.63) is 70.6 Å². The molecule has 0 bridgehead atoms. The molecule has 0 nitrogen and oxygen atoms in total. The summed E-state index contributed by atoms with van der Waals surface area (Å²) < 4.78 is 13.6. The molecule has 0 spiro atoms. The lowest BCUT2D eigenvalue weighted by molar-refractivity contribution is 0.620. The van der Waals surface area contributed by atoms with Crippen molar-refractivity contribution in [2.45, 2.75) is 52.4 Å². The van der Waals surface area contributed by atoms with Gasteiger partial charge in [-0.25, -0.2) is 4.39 Å². The molecule has 0 heterocycles. The van der Waals surface area contributed by atoms with E-state index < -0.39 is 0 Å². The van der Waals surface area contributed by atoms with Crippen molar-refractivity contribution in [2.24, 2.45) is 0 Å². The highest BCUT2D eigenvalue weighted by atomic mass is 19.1. The van der Waals surface area contributed by atoms with Crippen molar-refractivity contribution in [1.82, 2.24) is 0 Å². The van der Waals surface area contributed by atoms with Crippen molar-refractivity contribution in [2.75, 3.05) is 0 Å². The Labute approximate surface area is 128 Å². The summed E-state index contributed by atoms with van der Waals surface area (Å²) in [6.07, 6.45) is 8.45. The van der Waals surface area contributed by atoms with E-state index in [4.69, 9.17) is 0 Å². The fraction of sp³-hybridized carbons (Fsp3) is 0.400. The summed E-state index contributed by atoms with van der Waals surface area (Å²) in [5.74, 6) is 0.136. The number of benzene rings is 1. The topological polar surface area (TPSA) is 0 Å². The van der Waals surface area contributed by atoms with E-state index in [1.54, 1.807) is 12.1 Å². The number of halogens is 1. The Bertz CT molecular complexity index is 590. The van der Waals surface area contributed by atoms with Gasteiger partial charge in [-0.3, -0.25) is 0 Å². The lowest BCUT2D eigenvalue weighted by Gasteiger charge is -2.23. The minimum absolute atomic E-state index is 0.133. The first-order valence-corrected chi connectivity index (χ1v) is 7.87. The summed E-state index contributed by atoms with van der Waals surface area (Å²) in [7, 11) is 0. The first kappa shape index (κ1) is 15.8. The number of fused-ring (bicyclic) bond motifs is 1. The van der Waals surface area contributed by atoms with Crippen LogP contribution in [0.1, 0.15) is 57.1 Å². The molecule has 1 aromatic carbocycles. The number of rotatable bonds is 3. The number of hydrogen-bond acceptors (Lipinski definition) is 0. The molecule has 0 saturated heterocycles. The smallest absolute Gasteiger partial charge is 0.123 e. The Morgan fingerprint density at radius 1 is 1.38 bits per heavy atom. The molecule has 0 fully saturated rings. The molecule has 1 aliphatic rings. The second-order valence-corrected chi connectivity index (χ2v) is 5.90. The van der Waals surface area contributed by atoms with Crippen LogP contribution in [0.3, 0.4) is 0 Å². The Balaban J connectivity index is 2.48. The van der Waals surface area contributed by atoms with Gasteiger partial charge in [0.15, 0.2) is 0 Å². The highest BCUT2D eigenvalue weighted by molar-refractivity contribution is 5.42. The molecule has 0 radical (unpaired) electrons.